The molecule has 1 saturated carbocycles. The summed E-state index contributed by atoms with van der Waals surface area (Å²) < 4.78 is 39.5. The van der Waals surface area contributed by atoms with E-state index in [0.29, 0.717) is 12.8 Å². The van der Waals surface area contributed by atoms with E-state index in [1.807, 2.05) is 0 Å². The van der Waals surface area contributed by atoms with E-state index in [9.17, 15) is 22.8 Å². The minimum atomic E-state index is -4.72. The van der Waals surface area contributed by atoms with Gasteiger partial charge in [0.1, 0.15) is 5.54 Å². The number of nitrogens with one attached hydrogen (secondary N) is 1. The summed E-state index contributed by atoms with van der Waals surface area (Å²) in [4.78, 5) is 25.1. The average molecular weight is 280 g/mol. The number of nitrogens with zero attached hydrogens (tertiary/aromatic N) is 1. The number of rotatable bonds is 3. The van der Waals surface area contributed by atoms with E-state index in [-0.39, 0.29) is 24.9 Å². The molecule has 0 aromatic carbocycles. The Labute approximate surface area is 108 Å². The summed E-state index contributed by atoms with van der Waals surface area (Å²) in [5.41, 5.74) is -0.968. The zero-order chi connectivity index (χ0) is 14.1. The van der Waals surface area contributed by atoms with Crippen molar-refractivity contribution in [2.24, 2.45) is 0 Å². The molecule has 0 unspecified atom stereocenters. The number of carbonyl (C=O) groups excluding carboxylic acids is 2. The highest BCUT2D eigenvalue weighted by Gasteiger charge is 2.50. The van der Waals surface area contributed by atoms with Crippen molar-refractivity contribution in [1.29, 1.82) is 0 Å². The summed E-state index contributed by atoms with van der Waals surface area (Å²) in [6.07, 6.45) is -2.15. The standard InChI is InChI=1S/C11H15F3N2O3/c12-11(13,14)19-6-5-16-8(17)7-15-9(18)10(16)3-1-2-4-10/h1-7H2,(H,15,18). The third-order valence-electron chi connectivity index (χ3n) is 3.65. The molecule has 108 valence electrons. The highest BCUT2D eigenvalue weighted by atomic mass is 19.4. The lowest BCUT2D eigenvalue weighted by Crippen LogP contribution is -2.66. The van der Waals surface area contributed by atoms with Crippen LogP contribution in [-0.2, 0) is 14.3 Å². The third kappa shape index (κ3) is 2.83. The van der Waals surface area contributed by atoms with Crippen LogP contribution in [0.15, 0.2) is 0 Å². The number of hydrogen-bond acceptors (Lipinski definition) is 3. The van der Waals surface area contributed by atoms with Crippen LogP contribution in [0.4, 0.5) is 13.2 Å². The zero-order valence-electron chi connectivity index (χ0n) is 10.3. The van der Waals surface area contributed by atoms with Gasteiger partial charge in [0.15, 0.2) is 0 Å². The first-order valence-electron chi connectivity index (χ1n) is 6.15. The molecule has 1 saturated heterocycles. The van der Waals surface area contributed by atoms with Gasteiger partial charge in [-0.15, -0.1) is 13.2 Å². The number of amides is 2. The Kier molecular flexibility index (Phi) is 3.71. The lowest BCUT2D eigenvalue weighted by molar-refractivity contribution is -0.325. The first-order chi connectivity index (χ1) is 8.85. The van der Waals surface area contributed by atoms with Crippen molar-refractivity contribution in [2.45, 2.75) is 37.6 Å². The summed E-state index contributed by atoms with van der Waals surface area (Å²) in [6, 6.07) is 0. The highest BCUT2D eigenvalue weighted by Crippen LogP contribution is 2.37. The third-order valence-corrected chi connectivity index (χ3v) is 3.65. The Morgan fingerprint density at radius 3 is 2.47 bits per heavy atom. The lowest BCUT2D eigenvalue weighted by Gasteiger charge is -2.43. The van der Waals surface area contributed by atoms with Crippen molar-refractivity contribution in [3.8, 4) is 0 Å². The maximum absolute atomic E-state index is 12.0. The van der Waals surface area contributed by atoms with Crippen LogP contribution in [0.2, 0.25) is 0 Å². The Bertz CT molecular complexity index is 378. The Morgan fingerprint density at radius 2 is 1.89 bits per heavy atom. The average Bonchev–Trinajstić information content (AvgIpc) is 2.78. The number of halogens is 3. The smallest absolute Gasteiger partial charge is 0.345 e. The molecule has 2 amide bonds. The normalized spacial score (nSPS) is 23.0. The van der Waals surface area contributed by atoms with Gasteiger partial charge in [-0.05, 0) is 12.8 Å². The van der Waals surface area contributed by atoms with Crippen molar-refractivity contribution >= 4 is 11.8 Å². The predicted molar refractivity (Wildman–Crippen MR) is 57.9 cm³/mol. The van der Waals surface area contributed by atoms with Crippen LogP contribution in [0, 0.1) is 0 Å². The SMILES string of the molecule is O=C1CNC(=O)C2(CCCC2)N1CCOC(F)(F)F. The van der Waals surface area contributed by atoms with E-state index in [4.69, 9.17) is 0 Å². The second-order valence-corrected chi connectivity index (χ2v) is 4.76. The van der Waals surface area contributed by atoms with Crippen LogP contribution in [-0.4, -0.2) is 48.3 Å². The van der Waals surface area contributed by atoms with Crippen molar-refractivity contribution < 1.29 is 27.5 Å². The molecule has 0 aromatic rings. The summed E-state index contributed by atoms with van der Waals surface area (Å²) >= 11 is 0. The molecule has 1 N–H and O–H groups in total. The van der Waals surface area contributed by atoms with E-state index in [0.717, 1.165) is 12.8 Å². The van der Waals surface area contributed by atoms with Crippen molar-refractivity contribution in [3.63, 3.8) is 0 Å². The predicted octanol–water partition coefficient (Wildman–Crippen LogP) is 0.794. The van der Waals surface area contributed by atoms with Crippen molar-refractivity contribution in [1.82, 2.24) is 10.2 Å². The van der Waals surface area contributed by atoms with Crippen LogP contribution in [0.1, 0.15) is 25.7 Å². The van der Waals surface area contributed by atoms with E-state index in [1.54, 1.807) is 0 Å². The Morgan fingerprint density at radius 1 is 1.26 bits per heavy atom. The van der Waals surface area contributed by atoms with E-state index in [2.05, 4.69) is 10.1 Å². The van der Waals surface area contributed by atoms with Crippen LogP contribution >= 0.6 is 0 Å². The Hall–Kier alpha value is -1.31. The molecular weight excluding hydrogens is 265 g/mol. The molecule has 0 bridgehead atoms. The molecule has 1 aliphatic heterocycles. The molecule has 2 fully saturated rings. The summed E-state index contributed by atoms with van der Waals surface area (Å²) in [5.74, 6) is -0.621. The quantitative estimate of drug-likeness (QED) is 0.831. The van der Waals surface area contributed by atoms with Gasteiger partial charge in [-0.25, -0.2) is 0 Å². The van der Waals surface area contributed by atoms with Gasteiger partial charge in [0.05, 0.1) is 13.2 Å². The van der Waals surface area contributed by atoms with E-state index >= 15 is 0 Å². The van der Waals surface area contributed by atoms with E-state index < -0.39 is 18.5 Å². The minimum Gasteiger partial charge on any atom is -0.345 e. The minimum absolute atomic E-state index is 0.160. The molecular formula is C11H15F3N2O3. The molecule has 0 atom stereocenters. The molecule has 1 spiro atoms. The topological polar surface area (TPSA) is 58.6 Å². The molecule has 0 radical (unpaired) electrons. The van der Waals surface area contributed by atoms with Gasteiger partial charge in [-0.1, -0.05) is 12.8 Å². The fraction of sp³-hybridized carbons (Fsp3) is 0.818. The van der Waals surface area contributed by atoms with Gasteiger partial charge < -0.3 is 10.2 Å². The van der Waals surface area contributed by atoms with Crippen LogP contribution in [0.5, 0.6) is 0 Å². The molecule has 1 aliphatic carbocycles. The van der Waals surface area contributed by atoms with Gasteiger partial charge >= 0.3 is 6.36 Å². The fourth-order valence-corrected chi connectivity index (χ4v) is 2.83. The maximum atomic E-state index is 12.0. The first kappa shape index (κ1) is 14.1. The van der Waals surface area contributed by atoms with Gasteiger partial charge in [-0.2, -0.15) is 0 Å². The molecule has 2 aliphatic rings. The molecule has 1 heterocycles. The number of hydrogen-bond donors (Lipinski definition) is 1. The number of ether oxygens (including phenoxy) is 1. The molecule has 2 rings (SSSR count). The molecule has 0 aromatic heterocycles. The van der Waals surface area contributed by atoms with Gasteiger partial charge in [0.25, 0.3) is 0 Å². The first-order valence-corrected chi connectivity index (χ1v) is 6.15. The fourth-order valence-electron chi connectivity index (χ4n) is 2.83. The van der Waals surface area contributed by atoms with Crippen LogP contribution < -0.4 is 5.32 Å². The van der Waals surface area contributed by atoms with Crippen LogP contribution in [0.25, 0.3) is 0 Å². The van der Waals surface area contributed by atoms with E-state index in [1.165, 1.54) is 4.90 Å². The maximum Gasteiger partial charge on any atom is 0.522 e. The summed E-state index contributed by atoms with van der Waals surface area (Å²) in [6.45, 7) is -1.03. The lowest BCUT2D eigenvalue weighted by atomic mass is 9.91. The number of piperazine rings is 1. The summed E-state index contributed by atoms with van der Waals surface area (Å²) in [7, 11) is 0. The van der Waals surface area contributed by atoms with Gasteiger partial charge in [0.2, 0.25) is 11.8 Å². The highest BCUT2D eigenvalue weighted by molar-refractivity contribution is 5.98. The summed E-state index contributed by atoms with van der Waals surface area (Å²) in [5, 5.41) is 2.51. The largest absolute Gasteiger partial charge is 0.522 e. The molecule has 8 heteroatoms. The molecule has 19 heavy (non-hydrogen) atoms. The van der Waals surface area contributed by atoms with Crippen molar-refractivity contribution in [2.75, 3.05) is 19.7 Å². The van der Waals surface area contributed by atoms with Crippen LogP contribution in [0.3, 0.4) is 0 Å². The number of carbonyl (C=O) groups is 2. The zero-order valence-corrected chi connectivity index (χ0v) is 10.3. The number of alkyl halides is 3. The van der Waals surface area contributed by atoms with Crippen molar-refractivity contribution in [3.05, 3.63) is 0 Å². The monoisotopic (exact) mass is 280 g/mol. The molecule has 5 nitrogen and oxygen atoms in total. The second kappa shape index (κ2) is 4.99. The Balaban J connectivity index is 2.05. The second-order valence-electron chi connectivity index (χ2n) is 4.76. The van der Waals surface area contributed by atoms with Gasteiger partial charge in [-0.3, -0.25) is 14.3 Å². The van der Waals surface area contributed by atoms with Gasteiger partial charge in [0, 0.05) is 6.54 Å².